The average molecular weight is 267 g/mol. The van der Waals surface area contributed by atoms with Gasteiger partial charge in [-0.2, -0.15) is 0 Å². The van der Waals surface area contributed by atoms with Gasteiger partial charge in [-0.15, -0.1) is 11.8 Å². The van der Waals surface area contributed by atoms with Crippen LogP contribution in [0.2, 0.25) is 5.02 Å². The van der Waals surface area contributed by atoms with Gasteiger partial charge in [-0.25, -0.2) is 0 Å². The van der Waals surface area contributed by atoms with Crippen LogP contribution in [-0.4, -0.2) is 11.5 Å². The molecule has 1 aliphatic carbocycles. The fraction of sp³-hybridized carbons (Fsp3) is 0.357. The summed E-state index contributed by atoms with van der Waals surface area (Å²) in [6.07, 6.45) is 6.49. The van der Waals surface area contributed by atoms with Gasteiger partial charge < -0.3 is 0 Å². The Kier molecular flexibility index (Phi) is 4.69. The lowest BCUT2D eigenvalue weighted by Gasteiger charge is -2.11. The first kappa shape index (κ1) is 12.7. The predicted octanol–water partition coefficient (Wildman–Crippen LogP) is 4.50. The molecule has 2 rings (SSSR count). The Morgan fingerprint density at radius 1 is 1.35 bits per heavy atom. The lowest BCUT2D eigenvalue weighted by atomic mass is 9.97. The second-order valence-corrected chi connectivity index (χ2v) is 5.63. The molecule has 3 heteroatoms. The number of halogens is 1. The van der Waals surface area contributed by atoms with E-state index in [-0.39, 0.29) is 5.78 Å². The number of benzene rings is 1. The molecular formula is C14H15ClOS. The summed E-state index contributed by atoms with van der Waals surface area (Å²) in [5.41, 5.74) is 1.02. The first-order valence-corrected chi connectivity index (χ1v) is 7.22. The summed E-state index contributed by atoms with van der Waals surface area (Å²) in [5, 5.41) is 0.722. The maximum Gasteiger partial charge on any atom is 0.168 e. The number of ketones is 1. The minimum atomic E-state index is 0.273. The highest BCUT2D eigenvalue weighted by molar-refractivity contribution is 8.00. The number of thioether (sulfide) groups is 1. The summed E-state index contributed by atoms with van der Waals surface area (Å²) in [5.74, 6) is 0.793. The third-order valence-corrected chi connectivity index (χ3v) is 4.04. The summed E-state index contributed by atoms with van der Waals surface area (Å²) >= 11 is 7.46. The van der Waals surface area contributed by atoms with Gasteiger partial charge in [-0.3, -0.25) is 4.79 Å². The molecule has 0 heterocycles. The molecule has 0 atom stereocenters. The second kappa shape index (κ2) is 6.27. The van der Waals surface area contributed by atoms with Gasteiger partial charge in [0.05, 0.1) is 5.75 Å². The van der Waals surface area contributed by atoms with Crippen LogP contribution >= 0.6 is 23.4 Å². The van der Waals surface area contributed by atoms with Gasteiger partial charge in [0.2, 0.25) is 0 Å². The molecule has 0 saturated heterocycles. The van der Waals surface area contributed by atoms with Crippen LogP contribution in [0.4, 0.5) is 0 Å². The summed E-state index contributed by atoms with van der Waals surface area (Å²) < 4.78 is 0. The van der Waals surface area contributed by atoms with Crippen molar-refractivity contribution in [3.05, 3.63) is 40.9 Å². The van der Waals surface area contributed by atoms with Crippen LogP contribution in [0, 0.1) is 0 Å². The van der Waals surface area contributed by atoms with E-state index in [1.54, 1.807) is 11.8 Å². The van der Waals surface area contributed by atoms with Crippen molar-refractivity contribution in [2.75, 3.05) is 5.75 Å². The Morgan fingerprint density at radius 3 is 2.94 bits per heavy atom. The predicted molar refractivity (Wildman–Crippen MR) is 73.7 cm³/mol. The molecule has 0 fully saturated rings. The first-order chi connectivity index (χ1) is 8.25. The van der Waals surface area contributed by atoms with Gasteiger partial charge >= 0.3 is 0 Å². The molecule has 90 valence electrons. The minimum absolute atomic E-state index is 0.273. The van der Waals surface area contributed by atoms with Crippen molar-refractivity contribution in [3.63, 3.8) is 0 Å². The SMILES string of the molecule is O=C(CSc1cccc(Cl)c1)C1=CCCCC1. The minimum Gasteiger partial charge on any atom is -0.294 e. The summed E-state index contributed by atoms with van der Waals surface area (Å²) in [6.45, 7) is 0. The van der Waals surface area contributed by atoms with Crippen LogP contribution in [0.1, 0.15) is 25.7 Å². The molecule has 0 spiro atoms. The summed E-state index contributed by atoms with van der Waals surface area (Å²) in [4.78, 5) is 13.0. The molecule has 1 aromatic carbocycles. The van der Waals surface area contributed by atoms with Gasteiger partial charge in [-0.1, -0.05) is 23.7 Å². The van der Waals surface area contributed by atoms with E-state index in [0.29, 0.717) is 5.75 Å². The van der Waals surface area contributed by atoms with E-state index >= 15 is 0 Å². The van der Waals surface area contributed by atoms with Crippen LogP contribution in [0.3, 0.4) is 0 Å². The molecule has 0 bridgehead atoms. The number of rotatable bonds is 4. The Labute approximate surface area is 111 Å². The molecule has 0 radical (unpaired) electrons. The maximum absolute atomic E-state index is 11.9. The Morgan fingerprint density at radius 2 is 2.24 bits per heavy atom. The molecule has 0 saturated carbocycles. The molecule has 0 unspecified atom stereocenters. The van der Waals surface area contributed by atoms with Crippen LogP contribution in [-0.2, 0) is 4.79 Å². The van der Waals surface area contributed by atoms with Crippen molar-refractivity contribution in [3.8, 4) is 0 Å². The fourth-order valence-corrected chi connectivity index (χ4v) is 3.01. The van der Waals surface area contributed by atoms with Crippen molar-refractivity contribution in [1.82, 2.24) is 0 Å². The zero-order valence-electron chi connectivity index (χ0n) is 9.62. The van der Waals surface area contributed by atoms with Crippen LogP contribution in [0.25, 0.3) is 0 Å². The van der Waals surface area contributed by atoms with E-state index in [2.05, 4.69) is 6.08 Å². The van der Waals surface area contributed by atoms with E-state index in [1.165, 1.54) is 6.42 Å². The zero-order chi connectivity index (χ0) is 12.1. The van der Waals surface area contributed by atoms with Crippen molar-refractivity contribution in [1.29, 1.82) is 0 Å². The van der Waals surface area contributed by atoms with Gasteiger partial charge in [0.25, 0.3) is 0 Å². The van der Waals surface area contributed by atoms with Gasteiger partial charge in [0.15, 0.2) is 5.78 Å². The average Bonchev–Trinajstić information content (AvgIpc) is 2.37. The van der Waals surface area contributed by atoms with Gasteiger partial charge in [-0.05, 0) is 49.5 Å². The molecular weight excluding hydrogens is 252 g/mol. The van der Waals surface area contributed by atoms with Crippen molar-refractivity contribution in [2.45, 2.75) is 30.6 Å². The molecule has 0 N–H and O–H groups in total. The number of carbonyl (C=O) groups is 1. The van der Waals surface area contributed by atoms with E-state index in [4.69, 9.17) is 11.6 Å². The highest BCUT2D eigenvalue weighted by Crippen LogP contribution is 2.24. The van der Waals surface area contributed by atoms with Crippen LogP contribution < -0.4 is 0 Å². The normalized spacial score (nSPS) is 15.5. The number of allylic oxidation sites excluding steroid dienone is 2. The molecule has 1 aliphatic rings. The molecule has 0 amide bonds. The van der Waals surface area contributed by atoms with Crippen molar-refractivity contribution in [2.24, 2.45) is 0 Å². The number of carbonyl (C=O) groups excluding carboxylic acids is 1. The van der Waals surface area contributed by atoms with Gasteiger partial charge in [0, 0.05) is 9.92 Å². The highest BCUT2D eigenvalue weighted by Gasteiger charge is 2.12. The Balaban J connectivity index is 1.89. The first-order valence-electron chi connectivity index (χ1n) is 5.86. The topological polar surface area (TPSA) is 17.1 Å². The molecule has 0 aliphatic heterocycles. The van der Waals surface area contributed by atoms with Crippen LogP contribution in [0.5, 0.6) is 0 Å². The van der Waals surface area contributed by atoms with Crippen molar-refractivity contribution < 1.29 is 4.79 Å². The Hall–Kier alpha value is -0.730. The van der Waals surface area contributed by atoms with E-state index in [1.807, 2.05) is 24.3 Å². The quantitative estimate of drug-likeness (QED) is 0.747. The third kappa shape index (κ3) is 3.90. The fourth-order valence-electron chi connectivity index (χ4n) is 1.89. The van der Waals surface area contributed by atoms with E-state index in [0.717, 1.165) is 34.8 Å². The third-order valence-electron chi connectivity index (χ3n) is 2.82. The maximum atomic E-state index is 11.9. The van der Waals surface area contributed by atoms with Gasteiger partial charge in [0.1, 0.15) is 0 Å². The molecule has 0 aromatic heterocycles. The standard InChI is InChI=1S/C14H15ClOS/c15-12-7-4-8-13(9-12)17-10-14(16)11-5-2-1-3-6-11/h4-5,7-9H,1-3,6,10H2. The lowest BCUT2D eigenvalue weighted by molar-refractivity contribution is -0.113. The Bertz CT molecular complexity index is 440. The molecule has 17 heavy (non-hydrogen) atoms. The van der Waals surface area contributed by atoms with E-state index < -0.39 is 0 Å². The van der Waals surface area contributed by atoms with Crippen molar-refractivity contribution >= 4 is 29.1 Å². The smallest absolute Gasteiger partial charge is 0.168 e. The van der Waals surface area contributed by atoms with Crippen LogP contribution in [0.15, 0.2) is 40.8 Å². The highest BCUT2D eigenvalue weighted by atomic mass is 35.5. The largest absolute Gasteiger partial charge is 0.294 e. The van der Waals surface area contributed by atoms with E-state index in [9.17, 15) is 4.79 Å². The summed E-state index contributed by atoms with van der Waals surface area (Å²) in [6, 6.07) is 7.64. The number of hydrogen-bond donors (Lipinski definition) is 0. The molecule has 1 aromatic rings. The monoisotopic (exact) mass is 266 g/mol. The number of hydrogen-bond acceptors (Lipinski definition) is 2. The summed E-state index contributed by atoms with van der Waals surface area (Å²) in [7, 11) is 0. The lowest BCUT2D eigenvalue weighted by Crippen LogP contribution is -2.08. The zero-order valence-corrected chi connectivity index (χ0v) is 11.2. The molecule has 1 nitrogen and oxygen atoms in total. The number of Topliss-reactive ketones (excluding diaryl/α,β-unsaturated/α-hetero) is 1. The second-order valence-electron chi connectivity index (χ2n) is 4.14.